The van der Waals surface area contributed by atoms with Crippen LogP contribution in [0.2, 0.25) is 5.02 Å². The van der Waals surface area contributed by atoms with E-state index in [9.17, 15) is 4.79 Å². The Balaban J connectivity index is 1.51. The van der Waals surface area contributed by atoms with E-state index in [0.29, 0.717) is 22.3 Å². The third-order valence-corrected chi connectivity index (χ3v) is 4.75. The molecule has 4 rings (SSSR count). The third-order valence-electron chi connectivity index (χ3n) is 3.41. The van der Waals surface area contributed by atoms with Crippen LogP contribution in [0.4, 0.5) is 5.69 Å². The zero-order valence-corrected chi connectivity index (χ0v) is 13.8. The maximum Gasteiger partial charge on any atom is 0.267 e. The second kappa shape index (κ2) is 6.06. The van der Waals surface area contributed by atoms with Gasteiger partial charge in [0.1, 0.15) is 17.1 Å². The van der Waals surface area contributed by atoms with Gasteiger partial charge >= 0.3 is 0 Å². The van der Waals surface area contributed by atoms with E-state index in [1.54, 1.807) is 33.2 Å². The molecule has 0 saturated heterocycles. The molecule has 1 N–H and O–H groups in total. The average molecular weight is 359 g/mol. The number of carbonyl (C=O) groups is 1. The summed E-state index contributed by atoms with van der Waals surface area (Å²) in [6.07, 6.45) is 3.31. The van der Waals surface area contributed by atoms with Gasteiger partial charge in [-0.05, 0) is 23.6 Å². The number of nitrogens with one attached hydrogen (secondary N) is 1. The molecule has 0 aliphatic heterocycles. The Morgan fingerprint density at radius 2 is 2.17 bits per heavy atom. The molecule has 24 heavy (non-hydrogen) atoms. The van der Waals surface area contributed by atoms with Crippen molar-refractivity contribution in [1.29, 1.82) is 0 Å². The summed E-state index contributed by atoms with van der Waals surface area (Å²) in [5.74, 6) is -0.249. The number of hydrogen-bond acceptors (Lipinski definition) is 5. The highest BCUT2D eigenvalue weighted by Gasteiger charge is 2.13. The molecule has 1 aromatic carbocycles. The van der Waals surface area contributed by atoms with E-state index in [2.05, 4.69) is 20.7 Å². The van der Waals surface area contributed by atoms with E-state index in [4.69, 9.17) is 11.6 Å². The molecule has 0 fully saturated rings. The normalized spacial score (nSPS) is 11.0. The second-order valence-electron chi connectivity index (χ2n) is 5.04. The number of thiophene rings is 1. The first-order valence-corrected chi connectivity index (χ1v) is 8.31. The summed E-state index contributed by atoms with van der Waals surface area (Å²) in [7, 11) is 0. The standard InChI is InChI=1S/C15H11ClN6OS/c16-11-5-6-24-14(11)15(23)18-10-7-17-21(8-10)9-22-13-4-2-1-3-12(13)19-20-22/h1-8H,9H2,(H,18,23). The largest absolute Gasteiger partial charge is 0.319 e. The summed E-state index contributed by atoms with van der Waals surface area (Å²) in [5, 5.41) is 17.5. The van der Waals surface area contributed by atoms with Gasteiger partial charge in [0.15, 0.2) is 0 Å². The van der Waals surface area contributed by atoms with Crippen LogP contribution in [0.15, 0.2) is 48.1 Å². The van der Waals surface area contributed by atoms with Crippen LogP contribution in [0.5, 0.6) is 0 Å². The molecule has 7 nitrogen and oxygen atoms in total. The zero-order valence-electron chi connectivity index (χ0n) is 12.3. The Hall–Kier alpha value is -2.71. The molecule has 0 atom stereocenters. The van der Waals surface area contributed by atoms with Crippen LogP contribution in [0.1, 0.15) is 9.67 Å². The van der Waals surface area contributed by atoms with Crippen LogP contribution in [-0.2, 0) is 6.67 Å². The maximum absolute atomic E-state index is 12.1. The molecule has 0 bridgehead atoms. The van der Waals surface area contributed by atoms with Crippen LogP contribution < -0.4 is 5.32 Å². The SMILES string of the molecule is O=C(Nc1cnn(Cn2nnc3ccccc32)c1)c1sccc1Cl. The van der Waals surface area contributed by atoms with E-state index in [1.807, 2.05) is 24.3 Å². The molecule has 120 valence electrons. The molecule has 0 aliphatic rings. The van der Waals surface area contributed by atoms with Crippen molar-refractivity contribution in [3.63, 3.8) is 0 Å². The molecule has 3 heterocycles. The Morgan fingerprint density at radius 3 is 3.00 bits per heavy atom. The molecule has 0 aliphatic carbocycles. The Bertz CT molecular complexity index is 1020. The van der Waals surface area contributed by atoms with Gasteiger partial charge in [-0.2, -0.15) is 5.10 Å². The van der Waals surface area contributed by atoms with Gasteiger partial charge < -0.3 is 5.32 Å². The minimum atomic E-state index is -0.249. The van der Waals surface area contributed by atoms with E-state index in [1.165, 1.54) is 11.3 Å². The first-order valence-electron chi connectivity index (χ1n) is 7.06. The van der Waals surface area contributed by atoms with Crippen molar-refractivity contribution in [1.82, 2.24) is 24.8 Å². The van der Waals surface area contributed by atoms with Gasteiger partial charge in [-0.3, -0.25) is 4.79 Å². The lowest BCUT2D eigenvalue weighted by atomic mass is 10.3. The number of hydrogen-bond donors (Lipinski definition) is 1. The second-order valence-corrected chi connectivity index (χ2v) is 6.36. The summed E-state index contributed by atoms with van der Waals surface area (Å²) in [6, 6.07) is 9.39. The highest BCUT2D eigenvalue weighted by atomic mass is 35.5. The molecule has 0 saturated carbocycles. The number of nitrogens with zero attached hydrogens (tertiary/aromatic N) is 5. The van der Waals surface area contributed by atoms with Gasteiger partial charge in [-0.25, -0.2) is 9.36 Å². The van der Waals surface area contributed by atoms with Crippen molar-refractivity contribution in [2.75, 3.05) is 5.32 Å². The quantitative estimate of drug-likeness (QED) is 0.608. The summed E-state index contributed by atoms with van der Waals surface area (Å²) in [5.41, 5.74) is 2.34. The summed E-state index contributed by atoms with van der Waals surface area (Å²) in [4.78, 5) is 12.6. The Labute approximate surface area is 145 Å². The van der Waals surface area contributed by atoms with Gasteiger partial charge in [0.25, 0.3) is 5.91 Å². The lowest BCUT2D eigenvalue weighted by Gasteiger charge is -2.02. The highest BCUT2D eigenvalue weighted by Crippen LogP contribution is 2.23. The van der Waals surface area contributed by atoms with Crippen molar-refractivity contribution in [2.24, 2.45) is 0 Å². The number of fused-ring (bicyclic) bond motifs is 1. The number of anilines is 1. The molecule has 0 spiro atoms. The molecule has 0 radical (unpaired) electrons. The Morgan fingerprint density at radius 1 is 1.29 bits per heavy atom. The monoisotopic (exact) mass is 358 g/mol. The van der Waals surface area contributed by atoms with Gasteiger partial charge in [0, 0.05) is 0 Å². The van der Waals surface area contributed by atoms with E-state index >= 15 is 0 Å². The van der Waals surface area contributed by atoms with Crippen molar-refractivity contribution >= 4 is 45.6 Å². The molecule has 3 aromatic heterocycles. The predicted molar refractivity (Wildman–Crippen MR) is 92.4 cm³/mol. The predicted octanol–water partition coefficient (Wildman–Crippen LogP) is 3.10. The van der Waals surface area contributed by atoms with Crippen molar-refractivity contribution < 1.29 is 4.79 Å². The minimum Gasteiger partial charge on any atom is -0.319 e. The fraction of sp³-hybridized carbons (Fsp3) is 0.0667. The maximum atomic E-state index is 12.1. The number of amides is 1. The van der Waals surface area contributed by atoms with E-state index in [0.717, 1.165) is 11.0 Å². The van der Waals surface area contributed by atoms with Crippen LogP contribution in [0, 0.1) is 0 Å². The molecular weight excluding hydrogens is 348 g/mol. The van der Waals surface area contributed by atoms with Crippen LogP contribution in [0.25, 0.3) is 11.0 Å². The minimum absolute atomic E-state index is 0.249. The number of carbonyl (C=O) groups excluding carboxylic acids is 1. The van der Waals surface area contributed by atoms with E-state index < -0.39 is 0 Å². The number of para-hydroxylation sites is 1. The molecule has 1 amide bonds. The lowest BCUT2D eigenvalue weighted by molar-refractivity contribution is 0.103. The van der Waals surface area contributed by atoms with Gasteiger partial charge in [0.05, 0.1) is 28.6 Å². The van der Waals surface area contributed by atoms with Crippen molar-refractivity contribution in [3.05, 3.63) is 58.0 Å². The van der Waals surface area contributed by atoms with Gasteiger partial charge in [0.2, 0.25) is 0 Å². The highest BCUT2D eigenvalue weighted by molar-refractivity contribution is 7.12. The zero-order chi connectivity index (χ0) is 16.5. The van der Waals surface area contributed by atoms with Crippen LogP contribution >= 0.6 is 22.9 Å². The van der Waals surface area contributed by atoms with Gasteiger partial charge in [-0.1, -0.05) is 28.9 Å². The number of rotatable bonds is 4. The molecule has 9 heteroatoms. The van der Waals surface area contributed by atoms with E-state index in [-0.39, 0.29) is 5.91 Å². The topological polar surface area (TPSA) is 77.6 Å². The third kappa shape index (κ3) is 2.77. The smallest absolute Gasteiger partial charge is 0.267 e. The fourth-order valence-electron chi connectivity index (χ4n) is 2.31. The molecular formula is C15H11ClN6OS. The Kier molecular flexibility index (Phi) is 3.75. The van der Waals surface area contributed by atoms with Crippen LogP contribution in [-0.4, -0.2) is 30.7 Å². The fourth-order valence-corrected chi connectivity index (χ4v) is 3.34. The van der Waals surface area contributed by atoms with Crippen molar-refractivity contribution in [2.45, 2.75) is 6.67 Å². The summed E-state index contributed by atoms with van der Waals surface area (Å²) in [6.45, 7) is 0.399. The number of benzene rings is 1. The first kappa shape index (κ1) is 14.9. The van der Waals surface area contributed by atoms with Crippen LogP contribution in [0.3, 0.4) is 0 Å². The van der Waals surface area contributed by atoms with Gasteiger partial charge in [-0.15, -0.1) is 16.4 Å². The summed E-state index contributed by atoms with van der Waals surface area (Å²) >= 11 is 7.26. The van der Waals surface area contributed by atoms with Crippen molar-refractivity contribution in [3.8, 4) is 0 Å². The first-order chi connectivity index (χ1) is 11.7. The molecule has 4 aromatic rings. The number of halogens is 1. The summed E-state index contributed by atoms with van der Waals surface area (Å²) < 4.78 is 3.41. The molecule has 0 unspecified atom stereocenters. The average Bonchev–Trinajstić information content (AvgIpc) is 3.29. The number of aromatic nitrogens is 5. The lowest BCUT2D eigenvalue weighted by Crippen LogP contribution is -2.11.